The number of rotatable bonds is 8. The van der Waals surface area contributed by atoms with Crippen LogP contribution in [-0.2, 0) is 4.79 Å². The van der Waals surface area contributed by atoms with Gasteiger partial charge in [-0.05, 0) is 63.2 Å². The fraction of sp³-hybridized carbons (Fsp3) is 0.588. The van der Waals surface area contributed by atoms with E-state index >= 15 is 0 Å². The first-order valence-electron chi connectivity index (χ1n) is 8.04. The van der Waals surface area contributed by atoms with E-state index in [1.165, 1.54) is 32.4 Å². The predicted molar refractivity (Wildman–Crippen MR) is 91.6 cm³/mol. The molecule has 1 N–H and O–H groups in total. The number of methoxy groups -OCH3 is 1. The minimum atomic E-state index is 0.111. The number of amides is 1. The van der Waals surface area contributed by atoms with Gasteiger partial charge in [0.05, 0.1) is 12.9 Å². The van der Waals surface area contributed by atoms with Crippen molar-refractivity contribution in [3.8, 4) is 5.75 Å². The molecule has 22 heavy (non-hydrogen) atoms. The molecule has 1 amide bonds. The van der Waals surface area contributed by atoms with Crippen molar-refractivity contribution in [2.75, 3.05) is 39.0 Å². The first-order valence-corrected chi connectivity index (χ1v) is 9.02. The number of thioether (sulfide) groups is 1. The van der Waals surface area contributed by atoms with Crippen molar-refractivity contribution in [2.45, 2.75) is 30.6 Å². The van der Waals surface area contributed by atoms with Gasteiger partial charge in [-0.25, -0.2) is 0 Å². The van der Waals surface area contributed by atoms with Crippen LogP contribution in [0.1, 0.15) is 25.7 Å². The molecule has 0 aliphatic carbocycles. The fourth-order valence-electron chi connectivity index (χ4n) is 2.59. The molecular weight excluding hydrogens is 296 g/mol. The van der Waals surface area contributed by atoms with Gasteiger partial charge in [-0.3, -0.25) is 4.79 Å². The van der Waals surface area contributed by atoms with Crippen LogP contribution in [0.15, 0.2) is 29.2 Å². The lowest BCUT2D eigenvalue weighted by Gasteiger charge is -2.26. The summed E-state index contributed by atoms with van der Waals surface area (Å²) in [5.41, 5.74) is 0. The maximum Gasteiger partial charge on any atom is 0.230 e. The van der Waals surface area contributed by atoms with Crippen molar-refractivity contribution in [3.05, 3.63) is 24.3 Å². The van der Waals surface area contributed by atoms with Crippen LogP contribution in [0, 0.1) is 0 Å². The van der Waals surface area contributed by atoms with E-state index in [2.05, 4.69) is 10.2 Å². The average molecular weight is 322 g/mol. The molecule has 122 valence electrons. The highest BCUT2D eigenvalue weighted by molar-refractivity contribution is 8.00. The van der Waals surface area contributed by atoms with E-state index in [0.717, 1.165) is 30.2 Å². The lowest BCUT2D eigenvalue weighted by molar-refractivity contribution is -0.118. The lowest BCUT2D eigenvalue weighted by atomic mass is 10.1. The number of hydrogen-bond acceptors (Lipinski definition) is 4. The molecule has 4 nitrogen and oxygen atoms in total. The quantitative estimate of drug-likeness (QED) is 0.590. The Kier molecular flexibility index (Phi) is 7.60. The Bertz CT molecular complexity index is 444. The zero-order valence-electron chi connectivity index (χ0n) is 13.3. The van der Waals surface area contributed by atoms with Crippen LogP contribution in [0.25, 0.3) is 0 Å². The van der Waals surface area contributed by atoms with Crippen molar-refractivity contribution in [1.29, 1.82) is 0 Å². The molecule has 1 aromatic carbocycles. The van der Waals surface area contributed by atoms with Gasteiger partial charge in [-0.15, -0.1) is 11.8 Å². The number of carbonyl (C=O) groups is 1. The van der Waals surface area contributed by atoms with Gasteiger partial charge in [-0.1, -0.05) is 6.42 Å². The molecule has 0 radical (unpaired) electrons. The van der Waals surface area contributed by atoms with E-state index in [0.29, 0.717) is 5.75 Å². The molecule has 0 atom stereocenters. The number of nitrogens with zero attached hydrogens (tertiary/aromatic N) is 1. The lowest BCUT2D eigenvalue weighted by Crippen LogP contribution is -2.33. The average Bonchev–Trinajstić information content (AvgIpc) is 2.58. The third kappa shape index (κ3) is 6.28. The summed E-state index contributed by atoms with van der Waals surface area (Å²) in [5.74, 6) is 1.42. The Hall–Kier alpha value is -1.20. The standard InChI is InChI=1S/C17H26N2O2S/c1-21-15-6-8-16(9-7-15)22-14-17(20)18-10-5-13-19-11-3-2-4-12-19/h6-9H,2-5,10-14H2,1H3,(H,18,20). The second-order valence-electron chi connectivity index (χ2n) is 5.57. The Morgan fingerprint density at radius 1 is 1.23 bits per heavy atom. The number of carbonyl (C=O) groups excluding carboxylic acids is 1. The minimum absolute atomic E-state index is 0.111. The normalized spacial score (nSPS) is 15.5. The Balaban J connectivity index is 1.55. The summed E-state index contributed by atoms with van der Waals surface area (Å²) in [4.78, 5) is 15.4. The third-order valence-electron chi connectivity index (χ3n) is 3.85. The molecule has 5 heteroatoms. The molecule has 0 spiro atoms. The summed E-state index contributed by atoms with van der Waals surface area (Å²) in [6.07, 6.45) is 5.06. The molecule has 1 saturated heterocycles. The second-order valence-corrected chi connectivity index (χ2v) is 6.62. The predicted octanol–water partition coefficient (Wildman–Crippen LogP) is 2.78. The van der Waals surface area contributed by atoms with Gasteiger partial charge in [0.2, 0.25) is 5.91 Å². The van der Waals surface area contributed by atoms with E-state index in [-0.39, 0.29) is 5.91 Å². The molecule has 1 heterocycles. The van der Waals surface area contributed by atoms with Crippen molar-refractivity contribution < 1.29 is 9.53 Å². The fourth-order valence-corrected chi connectivity index (χ4v) is 3.31. The smallest absolute Gasteiger partial charge is 0.230 e. The van der Waals surface area contributed by atoms with Crippen LogP contribution >= 0.6 is 11.8 Å². The van der Waals surface area contributed by atoms with E-state index in [9.17, 15) is 4.79 Å². The van der Waals surface area contributed by atoms with Crippen LogP contribution in [0.4, 0.5) is 0 Å². The first kappa shape index (κ1) is 17.2. The molecule has 0 unspecified atom stereocenters. The molecule has 1 aliphatic rings. The first-order chi connectivity index (χ1) is 10.8. The van der Waals surface area contributed by atoms with E-state index in [4.69, 9.17) is 4.74 Å². The van der Waals surface area contributed by atoms with Gasteiger partial charge >= 0.3 is 0 Å². The molecule has 1 fully saturated rings. The van der Waals surface area contributed by atoms with E-state index in [1.807, 2.05) is 24.3 Å². The Morgan fingerprint density at radius 2 is 1.95 bits per heavy atom. The van der Waals surface area contributed by atoms with Gasteiger partial charge in [0.1, 0.15) is 5.75 Å². The molecule has 1 aliphatic heterocycles. The summed E-state index contributed by atoms with van der Waals surface area (Å²) in [6, 6.07) is 7.79. The van der Waals surface area contributed by atoms with E-state index in [1.54, 1.807) is 18.9 Å². The largest absolute Gasteiger partial charge is 0.497 e. The molecule has 0 bridgehead atoms. The highest BCUT2D eigenvalue weighted by Gasteiger charge is 2.09. The zero-order chi connectivity index (χ0) is 15.6. The topological polar surface area (TPSA) is 41.6 Å². The third-order valence-corrected chi connectivity index (χ3v) is 4.86. The van der Waals surface area contributed by atoms with Gasteiger partial charge in [0.25, 0.3) is 0 Å². The van der Waals surface area contributed by atoms with Crippen molar-refractivity contribution in [2.24, 2.45) is 0 Å². The summed E-state index contributed by atoms with van der Waals surface area (Å²) in [7, 11) is 1.65. The number of piperidine rings is 1. The van der Waals surface area contributed by atoms with Crippen LogP contribution in [-0.4, -0.2) is 49.8 Å². The Morgan fingerprint density at radius 3 is 2.64 bits per heavy atom. The number of hydrogen-bond donors (Lipinski definition) is 1. The van der Waals surface area contributed by atoms with Gasteiger partial charge < -0.3 is 15.0 Å². The van der Waals surface area contributed by atoms with Crippen LogP contribution in [0.3, 0.4) is 0 Å². The summed E-state index contributed by atoms with van der Waals surface area (Å²) in [6.45, 7) is 4.33. The van der Waals surface area contributed by atoms with Gasteiger partial charge in [0, 0.05) is 11.4 Å². The molecular formula is C17H26N2O2S. The maximum atomic E-state index is 11.8. The van der Waals surface area contributed by atoms with Gasteiger partial charge in [0.15, 0.2) is 0 Å². The number of likely N-dealkylation sites (tertiary alicyclic amines) is 1. The highest BCUT2D eigenvalue weighted by atomic mass is 32.2. The highest BCUT2D eigenvalue weighted by Crippen LogP contribution is 2.20. The maximum absolute atomic E-state index is 11.8. The van der Waals surface area contributed by atoms with Crippen LogP contribution < -0.4 is 10.1 Å². The minimum Gasteiger partial charge on any atom is -0.497 e. The summed E-state index contributed by atoms with van der Waals surface area (Å²) >= 11 is 1.56. The van der Waals surface area contributed by atoms with Crippen molar-refractivity contribution in [3.63, 3.8) is 0 Å². The number of benzene rings is 1. The number of nitrogens with one attached hydrogen (secondary N) is 1. The molecule has 2 rings (SSSR count). The van der Waals surface area contributed by atoms with Crippen LogP contribution in [0.5, 0.6) is 5.75 Å². The van der Waals surface area contributed by atoms with E-state index < -0.39 is 0 Å². The summed E-state index contributed by atoms with van der Waals surface area (Å²) in [5, 5.41) is 3.00. The zero-order valence-corrected chi connectivity index (χ0v) is 14.2. The summed E-state index contributed by atoms with van der Waals surface area (Å²) < 4.78 is 5.12. The molecule has 0 saturated carbocycles. The van der Waals surface area contributed by atoms with Crippen LogP contribution in [0.2, 0.25) is 0 Å². The Labute approximate surface area is 137 Å². The second kappa shape index (κ2) is 9.74. The molecule has 0 aromatic heterocycles. The number of ether oxygens (including phenoxy) is 1. The van der Waals surface area contributed by atoms with Crippen molar-refractivity contribution >= 4 is 17.7 Å². The van der Waals surface area contributed by atoms with Crippen molar-refractivity contribution in [1.82, 2.24) is 10.2 Å². The monoisotopic (exact) mass is 322 g/mol. The molecule has 1 aromatic rings. The SMILES string of the molecule is COc1ccc(SCC(=O)NCCCN2CCCCC2)cc1. The van der Waals surface area contributed by atoms with Gasteiger partial charge in [-0.2, -0.15) is 0 Å².